The Hall–Kier alpha value is -1.13. The van der Waals surface area contributed by atoms with Crippen LogP contribution >= 0.6 is 0 Å². The van der Waals surface area contributed by atoms with E-state index in [4.69, 9.17) is 4.74 Å². The summed E-state index contributed by atoms with van der Waals surface area (Å²) in [5, 5.41) is 20.2. The second kappa shape index (κ2) is 14.0. The van der Waals surface area contributed by atoms with E-state index in [1.165, 1.54) is 0 Å². The summed E-state index contributed by atoms with van der Waals surface area (Å²) in [5.41, 5.74) is 0. The van der Waals surface area contributed by atoms with Gasteiger partial charge in [-0.1, -0.05) is 69.8 Å². The molecule has 0 amide bonds. The summed E-state index contributed by atoms with van der Waals surface area (Å²) in [6.45, 7) is 4.44. The second-order valence-electron chi connectivity index (χ2n) is 7.32. The molecular formula is C22H38O4. The Bertz CT molecular complexity index is 430. The molecule has 4 heteroatoms. The number of esters is 1. The molecule has 0 saturated heterocycles. The molecule has 1 unspecified atom stereocenters. The summed E-state index contributed by atoms with van der Waals surface area (Å²) >= 11 is 0. The van der Waals surface area contributed by atoms with Crippen LogP contribution in [0.4, 0.5) is 0 Å². The maximum absolute atomic E-state index is 11.3. The van der Waals surface area contributed by atoms with Crippen LogP contribution in [-0.2, 0) is 9.53 Å². The van der Waals surface area contributed by atoms with Gasteiger partial charge in [0.15, 0.2) is 0 Å². The van der Waals surface area contributed by atoms with Crippen LogP contribution in [0.5, 0.6) is 0 Å². The van der Waals surface area contributed by atoms with Crippen molar-refractivity contribution in [3.05, 3.63) is 24.3 Å². The molecule has 1 aliphatic carbocycles. The molecule has 0 heterocycles. The number of aliphatic hydroxyl groups excluding tert-OH is 2. The quantitative estimate of drug-likeness (QED) is 0.269. The van der Waals surface area contributed by atoms with E-state index in [0.717, 1.165) is 57.8 Å². The minimum Gasteiger partial charge on any atom is -0.466 e. The van der Waals surface area contributed by atoms with Gasteiger partial charge in [0.1, 0.15) is 0 Å². The van der Waals surface area contributed by atoms with E-state index in [1.54, 1.807) is 0 Å². The zero-order valence-corrected chi connectivity index (χ0v) is 16.6. The highest BCUT2D eigenvalue weighted by Gasteiger charge is 2.28. The van der Waals surface area contributed by atoms with Gasteiger partial charge >= 0.3 is 5.97 Å². The standard InChI is InChI=1S/C22H38O4/c1-3-5-8-11-19(23)16-14-18-15-17-21(24)20(18)12-9-6-7-10-13-22(25)26-4-2/h14-21,23-24H,3-13H2,1-2H3/b16-14+/t18-,19?,20-,21+/m0/s1. The van der Waals surface area contributed by atoms with Crippen LogP contribution < -0.4 is 0 Å². The lowest BCUT2D eigenvalue weighted by atomic mass is 9.88. The second-order valence-corrected chi connectivity index (χ2v) is 7.32. The van der Waals surface area contributed by atoms with Crippen molar-refractivity contribution in [2.24, 2.45) is 11.8 Å². The summed E-state index contributed by atoms with van der Waals surface area (Å²) in [7, 11) is 0. The van der Waals surface area contributed by atoms with Gasteiger partial charge in [-0.25, -0.2) is 0 Å². The van der Waals surface area contributed by atoms with Crippen LogP contribution in [0.25, 0.3) is 0 Å². The average Bonchev–Trinajstić information content (AvgIpc) is 2.96. The highest BCUT2D eigenvalue weighted by molar-refractivity contribution is 5.69. The van der Waals surface area contributed by atoms with Crippen molar-refractivity contribution in [2.75, 3.05) is 6.61 Å². The van der Waals surface area contributed by atoms with Crippen molar-refractivity contribution >= 4 is 5.97 Å². The Morgan fingerprint density at radius 2 is 1.88 bits per heavy atom. The Morgan fingerprint density at radius 3 is 2.62 bits per heavy atom. The zero-order chi connectivity index (χ0) is 19.2. The fourth-order valence-corrected chi connectivity index (χ4v) is 3.52. The van der Waals surface area contributed by atoms with Crippen LogP contribution in [0.1, 0.15) is 78.1 Å². The summed E-state index contributed by atoms with van der Waals surface area (Å²) in [5.74, 6) is 0.315. The van der Waals surface area contributed by atoms with Crippen molar-refractivity contribution in [1.29, 1.82) is 0 Å². The number of carbonyl (C=O) groups is 1. The molecular weight excluding hydrogens is 328 g/mol. The Labute approximate surface area is 159 Å². The SMILES string of the molecule is CCCCCC(O)/C=C/[C@H]1C=C[C@@H](O)[C@H]1CCCCCCC(=O)OCC. The van der Waals surface area contributed by atoms with E-state index in [-0.39, 0.29) is 30.0 Å². The maximum Gasteiger partial charge on any atom is 0.305 e. The Morgan fingerprint density at radius 1 is 1.12 bits per heavy atom. The number of unbranched alkanes of at least 4 members (excludes halogenated alkanes) is 5. The van der Waals surface area contributed by atoms with Gasteiger partial charge in [0.05, 0.1) is 18.8 Å². The van der Waals surface area contributed by atoms with Crippen molar-refractivity contribution in [3.8, 4) is 0 Å². The van der Waals surface area contributed by atoms with E-state index in [9.17, 15) is 15.0 Å². The van der Waals surface area contributed by atoms with Crippen molar-refractivity contribution in [3.63, 3.8) is 0 Å². The van der Waals surface area contributed by atoms with Crippen LogP contribution in [0, 0.1) is 11.8 Å². The molecule has 1 aliphatic rings. The maximum atomic E-state index is 11.3. The number of allylic oxidation sites excluding steroid dienone is 2. The van der Waals surface area contributed by atoms with E-state index in [1.807, 2.05) is 19.1 Å². The molecule has 0 aromatic carbocycles. The first-order chi connectivity index (χ1) is 12.6. The molecule has 4 nitrogen and oxygen atoms in total. The molecule has 0 aliphatic heterocycles. The molecule has 2 N–H and O–H groups in total. The van der Waals surface area contributed by atoms with Gasteiger partial charge < -0.3 is 14.9 Å². The van der Waals surface area contributed by atoms with Gasteiger partial charge in [0.25, 0.3) is 0 Å². The fourth-order valence-electron chi connectivity index (χ4n) is 3.52. The molecule has 150 valence electrons. The molecule has 0 spiro atoms. The summed E-state index contributed by atoms with van der Waals surface area (Å²) in [4.78, 5) is 11.3. The van der Waals surface area contributed by atoms with E-state index < -0.39 is 0 Å². The van der Waals surface area contributed by atoms with E-state index >= 15 is 0 Å². The molecule has 0 aromatic rings. The zero-order valence-electron chi connectivity index (χ0n) is 16.6. The van der Waals surface area contributed by atoms with Crippen LogP contribution in [0.15, 0.2) is 24.3 Å². The lowest BCUT2D eigenvalue weighted by Crippen LogP contribution is -2.19. The first-order valence-electron chi connectivity index (χ1n) is 10.5. The molecule has 26 heavy (non-hydrogen) atoms. The van der Waals surface area contributed by atoms with Gasteiger partial charge in [-0.2, -0.15) is 0 Å². The average molecular weight is 367 g/mol. The Kier molecular flexibility index (Phi) is 12.3. The van der Waals surface area contributed by atoms with Crippen molar-refractivity contribution in [1.82, 2.24) is 0 Å². The highest BCUT2D eigenvalue weighted by atomic mass is 16.5. The van der Waals surface area contributed by atoms with Gasteiger partial charge in [-0.15, -0.1) is 0 Å². The number of ether oxygens (including phenoxy) is 1. The molecule has 0 saturated carbocycles. The predicted molar refractivity (Wildman–Crippen MR) is 106 cm³/mol. The number of hydrogen-bond donors (Lipinski definition) is 2. The smallest absolute Gasteiger partial charge is 0.305 e. The third kappa shape index (κ3) is 9.54. The number of carbonyl (C=O) groups excluding carboxylic acids is 1. The van der Waals surface area contributed by atoms with Crippen LogP contribution in [-0.4, -0.2) is 35.0 Å². The van der Waals surface area contributed by atoms with Gasteiger partial charge in [0.2, 0.25) is 0 Å². The summed E-state index contributed by atoms with van der Waals surface area (Å²) in [6, 6.07) is 0. The highest BCUT2D eigenvalue weighted by Crippen LogP contribution is 2.31. The predicted octanol–water partition coefficient (Wildman–Crippen LogP) is 4.55. The van der Waals surface area contributed by atoms with Crippen molar-refractivity contribution < 1.29 is 19.7 Å². The largest absolute Gasteiger partial charge is 0.466 e. The summed E-state index contributed by atoms with van der Waals surface area (Å²) in [6.07, 6.45) is 16.8. The monoisotopic (exact) mass is 366 g/mol. The molecule has 4 atom stereocenters. The van der Waals surface area contributed by atoms with E-state index in [0.29, 0.717) is 13.0 Å². The minimum atomic E-state index is -0.388. The van der Waals surface area contributed by atoms with Gasteiger partial charge in [-0.05, 0) is 32.1 Å². The normalized spacial score (nSPS) is 23.6. The topological polar surface area (TPSA) is 66.8 Å². The number of aliphatic hydroxyl groups is 2. The minimum absolute atomic E-state index is 0.106. The lowest BCUT2D eigenvalue weighted by Gasteiger charge is -2.20. The van der Waals surface area contributed by atoms with Gasteiger partial charge in [0, 0.05) is 12.3 Å². The van der Waals surface area contributed by atoms with Crippen molar-refractivity contribution in [2.45, 2.75) is 90.3 Å². The fraction of sp³-hybridized carbons (Fsp3) is 0.773. The van der Waals surface area contributed by atoms with Gasteiger partial charge in [-0.3, -0.25) is 4.79 Å². The number of hydrogen-bond acceptors (Lipinski definition) is 4. The first-order valence-corrected chi connectivity index (χ1v) is 10.5. The lowest BCUT2D eigenvalue weighted by molar-refractivity contribution is -0.143. The molecule has 1 rings (SSSR count). The molecule has 0 bridgehead atoms. The summed E-state index contributed by atoms with van der Waals surface area (Å²) < 4.78 is 4.93. The van der Waals surface area contributed by atoms with Crippen LogP contribution in [0.3, 0.4) is 0 Å². The Balaban J connectivity index is 2.24. The van der Waals surface area contributed by atoms with Crippen LogP contribution in [0.2, 0.25) is 0 Å². The number of rotatable bonds is 14. The molecule has 0 radical (unpaired) electrons. The molecule has 0 fully saturated rings. The molecule has 0 aromatic heterocycles. The third-order valence-corrected chi connectivity index (χ3v) is 5.10. The third-order valence-electron chi connectivity index (χ3n) is 5.10. The van der Waals surface area contributed by atoms with E-state index in [2.05, 4.69) is 19.1 Å². The first kappa shape index (κ1) is 22.9.